The van der Waals surface area contributed by atoms with Crippen LogP contribution < -0.4 is 21.1 Å². The number of nitrogens with zero attached hydrogens (tertiary/aromatic N) is 1. The molecule has 0 saturated carbocycles. The summed E-state index contributed by atoms with van der Waals surface area (Å²) in [5, 5.41) is 3.15. The van der Waals surface area contributed by atoms with E-state index in [0.717, 1.165) is 24.9 Å². The molecule has 0 fully saturated rings. The molecule has 0 aliphatic heterocycles. The largest absolute Gasteiger partial charge is 0.489 e. The Balaban J connectivity index is 2.06. The summed E-state index contributed by atoms with van der Waals surface area (Å²) in [5.41, 5.74) is 1.04. The number of nitrogens with one attached hydrogen (secondary N) is 1. The average Bonchev–Trinajstić information content (AvgIpc) is 2.62. The van der Waals surface area contributed by atoms with Gasteiger partial charge in [0, 0.05) is 18.2 Å². The van der Waals surface area contributed by atoms with Crippen LogP contribution >= 0.6 is 0 Å². The molecule has 0 bridgehead atoms. The van der Waals surface area contributed by atoms with E-state index in [1.54, 1.807) is 16.8 Å². The van der Waals surface area contributed by atoms with E-state index in [0.29, 0.717) is 24.8 Å². The lowest BCUT2D eigenvalue weighted by Crippen LogP contribution is -2.36. The van der Waals surface area contributed by atoms with E-state index >= 15 is 0 Å². The first kappa shape index (κ1) is 18.3. The standard InChI is InChI=1S/C19H25BN2O2/c1-3-15(9-11-21-2)13-22-12-10-17(18(20)19(22)23)24-14-16-7-5-4-6-8-16/h4-8,10,12,15,21H,3,9,11,13-14H2,1-2H3. The first-order chi connectivity index (χ1) is 11.7. The highest BCUT2D eigenvalue weighted by molar-refractivity contribution is 6.33. The number of benzene rings is 1. The summed E-state index contributed by atoms with van der Waals surface area (Å²) in [4.78, 5) is 12.5. The van der Waals surface area contributed by atoms with Crippen LogP contribution in [-0.4, -0.2) is 26.0 Å². The number of hydrogen-bond acceptors (Lipinski definition) is 3. The summed E-state index contributed by atoms with van der Waals surface area (Å²) in [6, 6.07) is 11.6. The first-order valence-corrected chi connectivity index (χ1v) is 8.46. The highest BCUT2D eigenvalue weighted by atomic mass is 16.5. The molecule has 0 aliphatic carbocycles. The van der Waals surface area contributed by atoms with Crippen LogP contribution in [0.4, 0.5) is 0 Å². The fourth-order valence-electron chi connectivity index (χ4n) is 2.63. The molecule has 5 heteroatoms. The van der Waals surface area contributed by atoms with Crippen LogP contribution in [0.5, 0.6) is 5.75 Å². The van der Waals surface area contributed by atoms with Crippen molar-refractivity contribution in [1.29, 1.82) is 0 Å². The summed E-state index contributed by atoms with van der Waals surface area (Å²) in [6.07, 6.45) is 3.84. The third-order valence-electron chi connectivity index (χ3n) is 4.23. The fourth-order valence-corrected chi connectivity index (χ4v) is 2.63. The lowest BCUT2D eigenvalue weighted by molar-refractivity contribution is 0.307. The van der Waals surface area contributed by atoms with Gasteiger partial charge in [0.1, 0.15) is 20.2 Å². The normalized spacial score (nSPS) is 12.1. The van der Waals surface area contributed by atoms with Gasteiger partial charge in [-0.05, 0) is 37.6 Å². The van der Waals surface area contributed by atoms with Gasteiger partial charge in [0.2, 0.25) is 5.56 Å². The molecule has 1 atom stereocenters. The Morgan fingerprint density at radius 3 is 2.67 bits per heavy atom. The summed E-state index contributed by atoms with van der Waals surface area (Å²) in [7, 11) is 7.93. The Hall–Kier alpha value is -2.01. The molecule has 0 spiro atoms. The maximum absolute atomic E-state index is 12.5. The van der Waals surface area contributed by atoms with Crippen molar-refractivity contribution in [2.24, 2.45) is 5.92 Å². The zero-order valence-corrected chi connectivity index (χ0v) is 14.5. The first-order valence-electron chi connectivity index (χ1n) is 8.46. The van der Waals surface area contributed by atoms with Crippen LogP contribution in [0.3, 0.4) is 0 Å². The quantitative estimate of drug-likeness (QED) is 0.716. The molecule has 1 aromatic heterocycles. The van der Waals surface area contributed by atoms with Gasteiger partial charge >= 0.3 is 0 Å². The predicted molar refractivity (Wildman–Crippen MR) is 99.2 cm³/mol. The van der Waals surface area contributed by atoms with Gasteiger partial charge in [0.25, 0.3) is 0 Å². The molecule has 1 heterocycles. The molecular formula is C19H25BN2O2. The topological polar surface area (TPSA) is 43.3 Å². The smallest absolute Gasteiger partial charge is 0.246 e. The van der Waals surface area contributed by atoms with Gasteiger partial charge in [-0.2, -0.15) is 0 Å². The van der Waals surface area contributed by atoms with Crippen molar-refractivity contribution in [2.45, 2.75) is 32.9 Å². The van der Waals surface area contributed by atoms with Gasteiger partial charge in [-0.15, -0.1) is 0 Å². The minimum absolute atomic E-state index is 0.177. The Labute approximate surface area is 145 Å². The number of rotatable bonds is 9. The van der Waals surface area contributed by atoms with Crippen molar-refractivity contribution in [3.05, 3.63) is 58.5 Å². The molecule has 2 aromatic rings. The zero-order valence-electron chi connectivity index (χ0n) is 14.5. The molecule has 24 heavy (non-hydrogen) atoms. The second-order valence-corrected chi connectivity index (χ2v) is 5.99. The molecule has 2 radical (unpaired) electrons. The van der Waals surface area contributed by atoms with E-state index in [9.17, 15) is 4.79 Å². The maximum Gasteiger partial charge on any atom is 0.246 e. The van der Waals surface area contributed by atoms with Gasteiger partial charge in [0.15, 0.2) is 0 Å². The molecular weight excluding hydrogens is 299 g/mol. The van der Waals surface area contributed by atoms with E-state index in [2.05, 4.69) is 12.2 Å². The Morgan fingerprint density at radius 1 is 1.25 bits per heavy atom. The third kappa shape index (κ3) is 5.00. The number of hydrogen-bond donors (Lipinski definition) is 1. The van der Waals surface area contributed by atoms with Crippen LogP contribution in [0.15, 0.2) is 47.4 Å². The van der Waals surface area contributed by atoms with Gasteiger partial charge in [-0.1, -0.05) is 43.7 Å². The molecule has 1 unspecified atom stereocenters. The highest BCUT2D eigenvalue weighted by Gasteiger charge is 2.11. The van der Waals surface area contributed by atoms with Crippen molar-refractivity contribution < 1.29 is 4.74 Å². The Kier molecular flexibility index (Phi) is 7.13. The average molecular weight is 324 g/mol. The molecule has 1 N–H and O–H groups in total. The molecule has 0 amide bonds. The molecule has 4 nitrogen and oxygen atoms in total. The summed E-state index contributed by atoms with van der Waals surface area (Å²) in [5.74, 6) is 0.897. The Morgan fingerprint density at radius 2 is 2.00 bits per heavy atom. The molecule has 0 aliphatic rings. The monoisotopic (exact) mass is 324 g/mol. The fraction of sp³-hybridized carbons (Fsp3) is 0.421. The zero-order chi connectivity index (χ0) is 17.4. The number of ether oxygens (including phenoxy) is 1. The molecule has 2 rings (SSSR count). The summed E-state index contributed by atoms with van der Waals surface area (Å²) < 4.78 is 7.40. The minimum atomic E-state index is -0.177. The SMILES string of the molecule is [B]c1c(OCc2ccccc2)ccn(CC(CC)CCNC)c1=O. The summed E-state index contributed by atoms with van der Waals surface area (Å²) >= 11 is 0. The van der Waals surface area contributed by atoms with Crippen molar-refractivity contribution in [3.8, 4) is 5.75 Å². The minimum Gasteiger partial charge on any atom is -0.489 e. The van der Waals surface area contributed by atoms with E-state index in [-0.39, 0.29) is 11.0 Å². The van der Waals surface area contributed by atoms with E-state index in [1.165, 1.54) is 0 Å². The Bertz CT molecular complexity index is 686. The van der Waals surface area contributed by atoms with Crippen LogP contribution in [0, 0.1) is 5.92 Å². The van der Waals surface area contributed by atoms with Gasteiger partial charge in [-0.25, -0.2) is 0 Å². The van der Waals surface area contributed by atoms with Crippen molar-refractivity contribution in [2.75, 3.05) is 13.6 Å². The van der Waals surface area contributed by atoms with Crippen molar-refractivity contribution >= 4 is 13.3 Å². The van der Waals surface area contributed by atoms with Crippen LogP contribution in [0.2, 0.25) is 0 Å². The number of pyridine rings is 1. The maximum atomic E-state index is 12.5. The lowest BCUT2D eigenvalue weighted by atomic mass is 9.96. The molecule has 126 valence electrons. The van der Waals surface area contributed by atoms with Gasteiger partial charge in [-0.3, -0.25) is 4.79 Å². The van der Waals surface area contributed by atoms with Crippen LogP contribution in [0.1, 0.15) is 25.3 Å². The van der Waals surface area contributed by atoms with E-state index < -0.39 is 0 Å². The molecule has 0 saturated heterocycles. The van der Waals surface area contributed by atoms with Crippen LogP contribution in [-0.2, 0) is 13.2 Å². The third-order valence-corrected chi connectivity index (χ3v) is 4.23. The second kappa shape index (κ2) is 9.33. The summed E-state index contributed by atoms with van der Waals surface area (Å²) in [6.45, 7) is 4.17. The van der Waals surface area contributed by atoms with Gasteiger partial charge in [0.05, 0.1) is 0 Å². The second-order valence-electron chi connectivity index (χ2n) is 5.99. The van der Waals surface area contributed by atoms with Gasteiger partial charge < -0.3 is 14.6 Å². The molecule has 1 aromatic carbocycles. The number of aromatic nitrogens is 1. The van der Waals surface area contributed by atoms with Crippen molar-refractivity contribution in [1.82, 2.24) is 9.88 Å². The van der Waals surface area contributed by atoms with Crippen LogP contribution in [0.25, 0.3) is 0 Å². The van der Waals surface area contributed by atoms with E-state index in [1.807, 2.05) is 37.4 Å². The van der Waals surface area contributed by atoms with Crippen molar-refractivity contribution in [3.63, 3.8) is 0 Å². The highest BCUT2D eigenvalue weighted by Crippen LogP contribution is 2.12. The van der Waals surface area contributed by atoms with E-state index in [4.69, 9.17) is 12.6 Å². The predicted octanol–water partition coefficient (Wildman–Crippen LogP) is 1.86. The lowest BCUT2D eigenvalue weighted by Gasteiger charge is -2.18.